The third-order valence-electron chi connectivity index (χ3n) is 5.81. The smallest absolute Gasteiger partial charge is 0.274 e. The Morgan fingerprint density at radius 3 is 2.78 bits per heavy atom. The number of aliphatic hydroxyl groups is 1. The van der Waals surface area contributed by atoms with Gasteiger partial charge in [0.05, 0.1) is 6.10 Å². The molecule has 1 fully saturated rings. The van der Waals surface area contributed by atoms with Gasteiger partial charge >= 0.3 is 0 Å². The number of aromatic nitrogens is 3. The number of carbonyl (C=O) groups excluding carboxylic acids is 2. The van der Waals surface area contributed by atoms with E-state index in [0.29, 0.717) is 30.8 Å². The molecule has 8 heteroatoms. The van der Waals surface area contributed by atoms with Crippen molar-refractivity contribution < 1.29 is 14.7 Å². The number of aliphatic hydroxyl groups excluding tert-OH is 1. The van der Waals surface area contributed by atoms with Crippen LogP contribution in [0.2, 0.25) is 0 Å². The highest BCUT2D eigenvalue weighted by molar-refractivity contribution is 6.04. The number of aryl methyl sites for hydroxylation is 1. The van der Waals surface area contributed by atoms with Crippen molar-refractivity contribution in [3.05, 3.63) is 77.6 Å². The molecule has 0 aliphatic carbocycles. The quantitative estimate of drug-likeness (QED) is 0.622. The van der Waals surface area contributed by atoms with Gasteiger partial charge in [-0.25, -0.2) is 4.98 Å². The van der Waals surface area contributed by atoms with Crippen LogP contribution < -0.4 is 5.32 Å². The fourth-order valence-corrected chi connectivity index (χ4v) is 3.90. The van der Waals surface area contributed by atoms with Gasteiger partial charge < -0.3 is 19.9 Å². The predicted molar refractivity (Wildman–Crippen MR) is 120 cm³/mol. The molecular weight excluding hydrogens is 406 g/mol. The van der Waals surface area contributed by atoms with Crippen LogP contribution in [-0.4, -0.2) is 55.5 Å². The molecule has 0 spiro atoms. The molecular formula is C24H27N5O3. The minimum atomic E-state index is -0.490. The molecule has 2 N–H and O–H groups in total. The minimum Gasteiger partial charge on any atom is -0.391 e. The van der Waals surface area contributed by atoms with Gasteiger partial charge in [-0.1, -0.05) is 19.1 Å². The largest absolute Gasteiger partial charge is 0.391 e. The number of hydrogen-bond acceptors (Lipinski definition) is 5. The lowest BCUT2D eigenvalue weighted by molar-refractivity contribution is 0.0765. The van der Waals surface area contributed by atoms with Crippen molar-refractivity contribution >= 4 is 17.5 Å². The SMILES string of the molecule is CC(Cc1nccn1C)c1cccc(NC(=O)c2cc(C(=O)N3CC[C@H](O)C3)ccn2)c1. The van der Waals surface area contributed by atoms with Gasteiger partial charge in [0.1, 0.15) is 11.5 Å². The maximum atomic E-state index is 12.8. The molecule has 8 nitrogen and oxygen atoms in total. The van der Waals surface area contributed by atoms with E-state index in [-0.39, 0.29) is 23.4 Å². The van der Waals surface area contributed by atoms with Crippen molar-refractivity contribution in [3.8, 4) is 0 Å². The van der Waals surface area contributed by atoms with Crippen LogP contribution in [0.3, 0.4) is 0 Å². The van der Waals surface area contributed by atoms with Gasteiger partial charge in [-0.3, -0.25) is 14.6 Å². The Balaban J connectivity index is 1.44. The van der Waals surface area contributed by atoms with E-state index in [0.717, 1.165) is 17.8 Å². The van der Waals surface area contributed by atoms with Crippen LogP contribution in [0.15, 0.2) is 55.0 Å². The summed E-state index contributed by atoms with van der Waals surface area (Å²) in [4.78, 5) is 35.6. The zero-order valence-electron chi connectivity index (χ0n) is 18.2. The Morgan fingerprint density at radius 2 is 2.06 bits per heavy atom. The van der Waals surface area contributed by atoms with Crippen LogP contribution in [0.1, 0.15) is 51.5 Å². The first-order valence-electron chi connectivity index (χ1n) is 10.7. The first-order valence-corrected chi connectivity index (χ1v) is 10.7. The van der Waals surface area contributed by atoms with E-state index < -0.39 is 6.10 Å². The molecule has 0 radical (unpaired) electrons. The highest BCUT2D eigenvalue weighted by Gasteiger charge is 2.26. The monoisotopic (exact) mass is 433 g/mol. The van der Waals surface area contributed by atoms with Gasteiger partial charge in [0, 0.05) is 56.4 Å². The van der Waals surface area contributed by atoms with E-state index in [2.05, 4.69) is 22.2 Å². The fourth-order valence-electron chi connectivity index (χ4n) is 3.90. The number of benzene rings is 1. The number of imidazole rings is 1. The summed E-state index contributed by atoms with van der Waals surface area (Å²) in [5.74, 6) is 0.643. The van der Waals surface area contributed by atoms with Crippen molar-refractivity contribution in [2.45, 2.75) is 31.8 Å². The third-order valence-corrected chi connectivity index (χ3v) is 5.81. The number of likely N-dealkylation sites (tertiary alicyclic amines) is 1. The van der Waals surface area contributed by atoms with Gasteiger partial charge in [0.15, 0.2) is 0 Å². The number of β-amino-alcohol motifs (C(OH)–C–C–N with tert-alkyl or cyclic N) is 1. The summed E-state index contributed by atoms with van der Waals surface area (Å²) in [6.07, 6.45) is 6.04. The lowest BCUT2D eigenvalue weighted by Crippen LogP contribution is -2.29. The average molecular weight is 434 g/mol. The van der Waals surface area contributed by atoms with E-state index in [4.69, 9.17) is 0 Å². The molecule has 0 bridgehead atoms. The lowest BCUT2D eigenvalue weighted by Gasteiger charge is -2.16. The van der Waals surface area contributed by atoms with Crippen molar-refractivity contribution in [2.24, 2.45) is 7.05 Å². The summed E-state index contributed by atoms with van der Waals surface area (Å²) in [7, 11) is 1.98. The van der Waals surface area contributed by atoms with Gasteiger partial charge in [0.25, 0.3) is 11.8 Å². The van der Waals surface area contributed by atoms with E-state index in [1.54, 1.807) is 17.2 Å². The molecule has 4 rings (SSSR count). The van der Waals surface area contributed by atoms with E-state index in [1.807, 2.05) is 42.1 Å². The Morgan fingerprint density at radius 1 is 1.22 bits per heavy atom. The molecule has 1 aliphatic rings. The second kappa shape index (κ2) is 9.32. The number of rotatable bonds is 6. The number of carbonyl (C=O) groups is 2. The molecule has 1 unspecified atom stereocenters. The van der Waals surface area contributed by atoms with Crippen LogP contribution in [0.4, 0.5) is 5.69 Å². The summed E-state index contributed by atoms with van der Waals surface area (Å²) in [6, 6.07) is 10.8. The number of hydrogen-bond donors (Lipinski definition) is 2. The highest BCUT2D eigenvalue weighted by atomic mass is 16.3. The van der Waals surface area contributed by atoms with E-state index in [1.165, 1.54) is 12.3 Å². The fraction of sp³-hybridized carbons (Fsp3) is 0.333. The normalized spacial score (nSPS) is 16.7. The van der Waals surface area contributed by atoms with E-state index >= 15 is 0 Å². The molecule has 1 aliphatic heterocycles. The van der Waals surface area contributed by atoms with Crippen molar-refractivity contribution in [2.75, 3.05) is 18.4 Å². The van der Waals surface area contributed by atoms with Gasteiger partial charge in [-0.2, -0.15) is 0 Å². The zero-order valence-corrected chi connectivity index (χ0v) is 18.2. The Hall–Kier alpha value is -3.52. The summed E-state index contributed by atoms with van der Waals surface area (Å²) >= 11 is 0. The second-order valence-electron chi connectivity index (χ2n) is 8.26. The van der Waals surface area contributed by atoms with Crippen molar-refractivity contribution in [1.29, 1.82) is 0 Å². The molecule has 2 aromatic heterocycles. The number of pyridine rings is 1. The molecule has 32 heavy (non-hydrogen) atoms. The van der Waals surface area contributed by atoms with Crippen molar-refractivity contribution in [3.63, 3.8) is 0 Å². The van der Waals surface area contributed by atoms with E-state index in [9.17, 15) is 14.7 Å². The molecule has 3 heterocycles. The standard InChI is InChI=1S/C24H27N5O3/c1-16(12-22-26-9-11-28(22)2)17-4-3-5-19(13-17)27-23(31)21-14-18(6-8-25-21)24(32)29-10-7-20(30)15-29/h3-6,8-9,11,13-14,16,20,30H,7,10,12,15H2,1-2H3,(H,27,31)/t16?,20-/m0/s1. The summed E-state index contributed by atoms with van der Waals surface area (Å²) in [5, 5.41) is 12.6. The molecule has 166 valence electrons. The molecule has 1 aromatic carbocycles. The Labute approximate surface area is 186 Å². The summed E-state index contributed by atoms with van der Waals surface area (Å²) in [5.41, 5.74) is 2.31. The van der Waals surface area contributed by atoms with Gasteiger partial charge in [-0.05, 0) is 42.2 Å². The van der Waals surface area contributed by atoms with Gasteiger partial charge in [0.2, 0.25) is 0 Å². The summed E-state index contributed by atoms with van der Waals surface area (Å²) in [6.45, 7) is 2.95. The van der Waals surface area contributed by atoms with Gasteiger partial charge in [-0.15, -0.1) is 0 Å². The predicted octanol–water partition coefficient (Wildman–Crippen LogP) is 2.62. The van der Waals surface area contributed by atoms with Crippen molar-refractivity contribution in [1.82, 2.24) is 19.4 Å². The topological polar surface area (TPSA) is 100 Å². The minimum absolute atomic E-state index is 0.169. The number of anilines is 1. The Bertz CT molecular complexity index is 1130. The highest BCUT2D eigenvalue weighted by Crippen LogP contribution is 2.23. The maximum Gasteiger partial charge on any atom is 0.274 e. The van der Waals surface area contributed by atoms with Crippen LogP contribution in [0, 0.1) is 0 Å². The molecule has 3 aromatic rings. The zero-order chi connectivity index (χ0) is 22.7. The van der Waals surface area contributed by atoms with Crippen LogP contribution in [-0.2, 0) is 13.5 Å². The first-order chi connectivity index (χ1) is 15.4. The maximum absolute atomic E-state index is 12.8. The number of amides is 2. The van der Waals surface area contributed by atoms with Crippen LogP contribution >= 0.6 is 0 Å². The van der Waals surface area contributed by atoms with Crippen LogP contribution in [0.5, 0.6) is 0 Å². The first kappa shape index (κ1) is 21.7. The summed E-state index contributed by atoms with van der Waals surface area (Å²) < 4.78 is 2.00. The van der Waals surface area contributed by atoms with Crippen LogP contribution in [0.25, 0.3) is 0 Å². The third kappa shape index (κ3) is 4.86. The molecule has 2 atom stereocenters. The Kier molecular flexibility index (Phi) is 6.32. The average Bonchev–Trinajstić information content (AvgIpc) is 3.41. The molecule has 1 saturated heterocycles. The molecule has 0 saturated carbocycles. The second-order valence-corrected chi connectivity index (χ2v) is 8.26. The molecule has 2 amide bonds. The lowest BCUT2D eigenvalue weighted by atomic mass is 9.97. The number of nitrogens with one attached hydrogen (secondary N) is 1. The number of nitrogens with zero attached hydrogens (tertiary/aromatic N) is 4.